The predicted molar refractivity (Wildman–Crippen MR) is 92.8 cm³/mol. The molecule has 0 atom stereocenters. The van der Waals surface area contributed by atoms with E-state index in [-0.39, 0.29) is 5.75 Å². The van der Waals surface area contributed by atoms with Gasteiger partial charge in [-0.15, -0.1) is 0 Å². The zero-order valence-corrected chi connectivity index (χ0v) is 13.5. The van der Waals surface area contributed by atoms with Gasteiger partial charge in [0.1, 0.15) is 5.75 Å². The molecule has 0 saturated heterocycles. The van der Waals surface area contributed by atoms with E-state index in [9.17, 15) is 5.11 Å². The summed E-state index contributed by atoms with van der Waals surface area (Å²) in [5, 5.41) is 26.2. The number of hydrogen-bond donors (Lipinski definition) is 3. The number of halogens is 2. The second-order valence-electron chi connectivity index (χ2n) is 5.15. The Morgan fingerprint density at radius 1 is 1.00 bits per heavy atom. The van der Waals surface area contributed by atoms with E-state index in [1.165, 1.54) is 6.07 Å². The van der Waals surface area contributed by atoms with Gasteiger partial charge in [-0.25, -0.2) is 0 Å². The van der Waals surface area contributed by atoms with E-state index in [4.69, 9.17) is 28.5 Å². The van der Waals surface area contributed by atoms with Crippen molar-refractivity contribution in [3.05, 3.63) is 63.4 Å². The van der Waals surface area contributed by atoms with Crippen molar-refractivity contribution < 1.29 is 5.11 Å². The highest BCUT2D eigenvalue weighted by Gasteiger charge is 2.19. The molecule has 0 amide bonds. The van der Waals surface area contributed by atoms with E-state index in [0.717, 1.165) is 29.9 Å². The zero-order chi connectivity index (χ0) is 16.4. The van der Waals surface area contributed by atoms with Gasteiger partial charge in [-0.3, -0.25) is 0 Å². The fraction of sp³-hybridized carbons (Fsp3) is 0.118. The molecule has 0 saturated carbocycles. The van der Waals surface area contributed by atoms with Crippen molar-refractivity contribution in [1.82, 2.24) is 0 Å². The Kier molecular flexibility index (Phi) is 4.33. The number of aromatic hydroxyl groups is 1. The van der Waals surface area contributed by atoms with Crippen LogP contribution >= 0.6 is 23.2 Å². The molecule has 0 radical (unpaired) electrons. The molecule has 23 heavy (non-hydrogen) atoms. The van der Waals surface area contributed by atoms with Gasteiger partial charge in [0.15, 0.2) is 0 Å². The van der Waals surface area contributed by atoms with Crippen LogP contribution in [0.2, 0.25) is 10.0 Å². The molecule has 0 aromatic heterocycles. The number of benzene rings is 2. The van der Waals surface area contributed by atoms with E-state index >= 15 is 0 Å². The first-order valence-corrected chi connectivity index (χ1v) is 7.77. The summed E-state index contributed by atoms with van der Waals surface area (Å²) in [5.41, 5.74) is 3.70. The van der Waals surface area contributed by atoms with E-state index in [0.29, 0.717) is 21.3 Å². The van der Waals surface area contributed by atoms with Gasteiger partial charge in [-0.1, -0.05) is 29.3 Å². The van der Waals surface area contributed by atoms with Crippen molar-refractivity contribution in [2.45, 2.75) is 12.8 Å². The van der Waals surface area contributed by atoms with Gasteiger partial charge in [0.25, 0.3) is 0 Å². The Morgan fingerprint density at radius 2 is 1.70 bits per heavy atom. The summed E-state index contributed by atoms with van der Waals surface area (Å²) in [4.78, 5) is 0. The van der Waals surface area contributed by atoms with Gasteiger partial charge in [0, 0.05) is 11.4 Å². The van der Waals surface area contributed by atoms with Crippen molar-refractivity contribution in [2.24, 2.45) is 0 Å². The maximum Gasteiger partial charge on any atom is 0.140 e. The van der Waals surface area contributed by atoms with Crippen molar-refractivity contribution in [2.75, 3.05) is 10.6 Å². The molecule has 0 aliphatic heterocycles. The molecule has 3 rings (SSSR count). The fourth-order valence-corrected chi connectivity index (χ4v) is 2.63. The third-order valence-corrected chi connectivity index (χ3v) is 4.46. The molecule has 0 bridgehead atoms. The molecule has 0 heterocycles. The molecule has 2 aromatic carbocycles. The normalized spacial score (nSPS) is 13.3. The molecular weight excluding hydrogens is 333 g/mol. The maximum absolute atomic E-state index is 9.95. The van der Waals surface area contributed by atoms with Gasteiger partial charge in [0.05, 0.1) is 33.1 Å². The molecule has 0 spiro atoms. The number of nitriles is 1. The monoisotopic (exact) mass is 345 g/mol. The minimum atomic E-state index is 0.0450. The van der Waals surface area contributed by atoms with E-state index < -0.39 is 0 Å². The van der Waals surface area contributed by atoms with E-state index in [1.54, 1.807) is 18.2 Å². The fourth-order valence-electron chi connectivity index (χ4n) is 2.28. The minimum Gasteiger partial charge on any atom is -0.506 e. The second kappa shape index (κ2) is 6.41. The van der Waals surface area contributed by atoms with Crippen LogP contribution in [0, 0.1) is 11.3 Å². The number of rotatable bonds is 4. The molecule has 116 valence electrons. The molecular formula is C17H13Cl2N3O. The smallest absolute Gasteiger partial charge is 0.140 e. The quantitative estimate of drug-likeness (QED) is 0.674. The van der Waals surface area contributed by atoms with Crippen LogP contribution in [0.4, 0.5) is 11.4 Å². The van der Waals surface area contributed by atoms with Crippen LogP contribution in [0.3, 0.4) is 0 Å². The SMILES string of the molecule is N#Cc1ccc(NC2=C(Nc3cccc(Cl)c3Cl)CC2)c(O)c1. The van der Waals surface area contributed by atoms with Crippen LogP contribution in [0.5, 0.6) is 5.75 Å². The Balaban J connectivity index is 1.80. The van der Waals surface area contributed by atoms with Gasteiger partial charge in [-0.05, 0) is 43.2 Å². The first kappa shape index (κ1) is 15.5. The Morgan fingerprint density at radius 3 is 2.30 bits per heavy atom. The number of hydrogen-bond acceptors (Lipinski definition) is 4. The summed E-state index contributed by atoms with van der Waals surface area (Å²) in [6.07, 6.45) is 1.74. The molecule has 0 unspecified atom stereocenters. The third-order valence-electron chi connectivity index (χ3n) is 3.64. The van der Waals surface area contributed by atoms with Gasteiger partial charge in [0.2, 0.25) is 0 Å². The summed E-state index contributed by atoms with van der Waals surface area (Å²) in [6.45, 7) is 0. The third kappa shape index (κ3) is 3.21. The Labute approximate surface area is 144 Å². The lowest BCUT2D eigenvalue weighted by molar-refractivity contribution is 0.477. The van der Waals surface area contributed by atoms with Crippen LogP contribution in [0.25, 0.3) is 0 Å². The number of phenols is 1. The molecule has 6 heteroatoms. The first-order valence-electron chi connectivity index (χ1n) is 7.01. The highest BCUT2D eigenvalue weighted by molar-refractivity contribution is 6.43. The molecule has 4 nitrogen and oxygen atoms in total. The second-order valence-corrected chi connectivity index (χ2v) is 5.94. The topological polar surface area (TPSA) is 68.1 Å². The van der Waals surface area contributed by atoms with Crippen molar-refractivity contribution in [3.63, 3.8) is 0 Å². The largest absolute Gasteiger partial charge is 0.506 e. The lowest BCUT2D eigenvalue weighted by Gasteiger charge is -2.27. The van der Waals surface area contributed by atoms with Gasteiger partial charge < -0.3 is 15.7 Å². The lowest BCUT2D eigenvalue weighted by Crippen LogP contribution is -2.18. The van der Waals surface area contributed by atoms with Crippen LogP contribution in [-0.4, -0.2) is 5.11 Å². The van der Waals surface area contributed by atoms with Crippen molar-refractivity contribution in [3.8, 4) is 11.8 Å². The average Bonchev–Trinajstić information content (AvgIpc) is 2.53. The molecule has 1 aliphatic rings. The van der Waals surface area contributed by atoms with Crippen molar-refractivity contribution in [1.29, 1.82) is 5.26 Å². The van der Waals surface area contributed by atoms with Gasteiger partial charge in [-0.2, -0.15) is 5.26 Å². The van der Waals surface area contributed by atoms with Crippen LogP contribution in [0.15, 0.2) is 47.8 Å². The summed E-state index contributed by atoms with van der Waals surface area (Å²) < 4.78 is 0. The molecule has 2 aromatic rings. The summed E-state index contributed by atoms with van der Waals surface area (Å²) in [7, 11) is 0. The zero-order valence-electron chi connectivity index (χ0n) is 12.0. The lowest BCUT2D eigenvalue weighted by atomic mass is 10.00. The number of nitrogens with zero attached hydrogens (tertiary/aromatic N) is 1. The number of nitrogens with one attached hydrogen (secondary N) is 2. The highest BCUT2D eigenvalue weighted by Crippen LogP contribution is 2.36. The summed E-state index contributed by atoms with van der Waals surface area (Å²) >= 11 is 12.2. The van der Waals surface area contributed by atoms with Crippen LogP contribution in [0.1, 0.15) is 18.4 Å². The minimum absolute atomic E-state index is 0.0450. The van der Waals surface area contributed by atoms with Crippen LogP contribution < -0.4 is 10.6 Å². The standard InChI is InChI=1S/C17H13Cl2N3O/c18-11-2-1-3-15(17(11)19)22-13-7-6-12(13)21-14-5-4-10(9-20)8-16(14)23/h1-5,8,21-23H,6-7H2. The Bertz CT molecular complexity index is 840. The van der Waals surface area contributed by atoms with Crippen molar-refractivity contribution >= 4 is 34.6 Å². The summed E-state index contributed by atoms with van der Waals surface area (Å²) in [6, 6.07) is 12.2. The molecule has 3 N–H and O–H groups in total. The van der Waals surface area contributed by atoms with Gasteiger partial charge >= 0.3 is 0 Å². The Hall–Kier alpha value is -2.35. The van der Waals surface area contributed by atoms with Crippen LogP contribution in [-0.2, 0) is 0 Å². The molecule has 0 fully saturated rings. The first-order chi connectivity index (χ1) is 11.1. The average molecular weight is 346 g/mol. The maximum atomic E-state index is 9.95. The number of allylic oxidation sites excluding steroid dienone is 2. The number of phenolic OH excluding ortho intramolecular Hbond substituents is 1. The highest BCUT2D eigenvalue weighted by atomic mass is 35.5. The van der Waals surface area contributed by atoms with E-state index in [1.807, 2.05) is 18.2 Å². The van der Waals surface area contributed by atoms with E-state index in [2.05, 4.69) is 10.6 Å². The number of anilines is 2. The summed E-state index contributed by atoms with van der Waals surface area (Å²) in [5.74, 6) is 0.0450. The predicted octanol–water partition coefficient (Wildman–Crippen LogP) is 5.10. The molecule has 1 aliphatic carbocycles.